The van der Waals surface area contributed by atoms with Crippen molar-refractivity contribution in [2.75, 3.05) is 12.4 Å². The van der Waals surface area contributed by atoms with E-state index in [1.165, 1.54) is 17.1 Å². The lowest BCUT2D eigenvalue weighted by atomic mass is 10.2. The Labute approximate surface area is 113 Å². The quantitative estimate of drug-likeness (QED) is 0.626. The van der Waals surface area contributed by atoms with E-state index in [1.807, 2.05) is 11.8 Å². The molecule has 0 unspecified atom stereocenters. The number of aliphatic hydroxyl groups excluding tert-OH is 1. The molecule has 1 heterocycles. The molecule has 0 atom stereocenters. The van der Waals surface area contributed by atoms with Crippen LogP contribution in [0.3, 0.4) is 0 Å². The van der Waals surface area contributed by atoms with Crippen molar-refractivity contribution in [1.29, 1.82) is 0 Å². The van der Waals surface area contributed by atoms with E-state index >= 15 is 0 Å². The van der Waals surface area contributed by atoms with E-state index in [4.69, 9.17) is 5.11 Å². The van der Waals surface area contributed by atoms with Crippen molar-refractivity contribution >= 4 is 23.1 Å². The molecule has 1 N–H and O–H groups in total. The Kier molecular flexibility index (Phi) is 7.43. The summed E-state index contributed by atoms with van der Waals surface area (Å²) in [6.07, 6.45) is 1.86. The highest BCUT2D eigenvalue weighted by molar-refractivity contribution is 7.98. The van der Waals surface area contributed by atoms with Crippen LogP contribution in [0, 0.1) is 17.8 Å². The van der Waals surface area contributed by atoms with Gasteiger partial charge in [0.15, 0.2) is 0 Å². The van der Waals surface area contributed by atoms with E-state index in [1.54, 1.807) is 11.3 Å². The fourth-order valence-electron chi connectivity index (χ4n) is 1.22. The number of aliphatic hydroxyl groups is 1. The molecule has 0 bridgehead atoms. The molecular formula is C14H20OS2. The van der Waals surface area contributed by atoms with Crippen LogP contribution in [0.4, 0.5) is 0 Å². The lowest BCUT2D eigenvalue weighted by molar-refractivity contribution is 0.305. The molecule has 0 aromatic carbocycles. The zero-order valence-electron chi connectivity index (χ0n) is 10.5. The summed E-state index contributed by atoms with van der Waals surface area (Å²) in [7, 11) is 0. The van der Waals surface area contributed by atoms with Gasteiger partial charge in [0.1, 0.15) is 0 Å². The predicted molar refractivity (Wildman–Crippen MR) is 78.5 cm³/mol. The van der Waals surface area contributed by atoms with Crippen LogP contribution in [-0.2, 0) is 5.75 Å². The van der Waals surface area contributed by atoms with Crippen LogP contribution in [0.25, 0.3) is 0 Å². The number of hydrogen-bond acceptors (Lipinski definition) is 3. The van der Waals surface area contributed by atoms with Crippen molar-refractivity contribution in [3.8, 4) is 11.8 Å². The van der Waals surface area contributed by atoms with Crippen molar-refractivity contribution in [3.63, 3.8) is 0 Å². The molecule has 0 saturated heterocycles. The Morgan fingerprint density at radius 2 is 2.24 bits per heavy atom. The molecule has 3 heteroatoms. The van der Waals surface area contributed by atoms with Crippen molar-refractivity contribution in [2.24, 2.45) is 5.92 Å². The number of thioether (sulfide) groups is 1. The topological polar surface area (TPSA) is 20.2 Å². The van der Waals surface area contributed by atoms with Gasteiger partial charge in [-0.15, -0.1) is 11.3 Å². The van der Waals surface area contributed by atoms with E-state index in [2.05, 4.69) is 37.8 Å². The third kappa shape index (κ3) is 6.78. The summed E-state index contributed by atoms with van der Waals surface area (Å²) in [5.74, 6) is 9.15. The molecule has 0 aliphatic rings. The van der Waals surface area contributed by atoms with Crippen LogP contribution >= 0.6 is 23.1 Å². The molecule has 1 aromatic rings. The van der Waals surface area contributed by atoms with Gasteiger partial charge in [0.2, 0.25) is 0 Å². The molecule has 1 aromatic heterocycles. The second kappa shape index (κ2) is 8.63. The minimum atomic E-state index is 0.149. The van der Waals surface area contributed by atoms with E-state index < -0.39 is 0 Å². The fraction of sp³-hybridized carbons (Fsp3) is 0.571. The standard InChI is InChI=1S/C14H20OS2/c1-12(2)8-10-16-11-14-7-6-13(17-14)5-3-4-9-15/h6-7,12,15H,4,8-11H2,1-2H3. The molecular weight excluding hydrogens is 248 g/mol. The monoisotopic (exact) mass is 268 g/mol. The molecule has 0 aliphatic carbocycles. The van der Waals surface area contributed by atoms with Gasteiger partial charge in [-0.3, -0.25) is 0 Å². The van der Waals surface area contributed by atoms with Gasteiger partial charge in [-0.05, 0) is 30.2 Å². The third-order valence-electron chi connectivity index (χ3n) is 2.19. The van der Waals surface area contributed by atoms with Crippen molar-refractivity contribution < 1.29 is 5.11 Å². The number of rotatable bonds is 6. The van der Waals surface area contributed by atoms with E-state index in [0.717, 1.165) is 16.5 Å². The average Bonchev–Trinajstić information content (AvgIpc) is 2.73. The number of thiophene rings is 1. The third-order valence-corrected chi connectivity index (χ3v) is 4.42. The summed E-state index contributed by atoms with van der Waals surface area (Å²) in [4.78, 5) is 2.50. The second-order valence-corrected chi connectivity index (χ2v) is 6.55. The summed E-state index contributed by atoms with van der Waals surface area (Å²) < 4.78 is 0. The van der Waals surface area contributed by atoms with Gasteiger partial charge in [0, 0.05) is 17.1 Å². The lowest BCUT2D eigenvalue weighted by Crippen LogP contribution is -1.89. The summed E-state index contributed by atoms with van der Waals surface area (Å²) >= 11 is 3.76. The Bertz CT molecular complexity index is 371. The maximum absolute atomic E-state index is 8.64. The minimum Gasteiger partial charge on any atom is -0.395 e. The molecule has 17 heavy (non-hydrogen) atoms. The van der Waals surface area contributed by atoms with Crippen LogP contribution in [0.1, 0.15) is 36.4 Å². The van der Waals surface area contributed by atoms with Gasteiger partial charge in [-0.1, -0.05) is 25.7 Å². The second-order valence-electron chi connectivity index (χ2n) is 4.28. The lowest BCUT2D eigenvalue weighted by Gasteiger charge is -2.02. The van der Waals surface area contributed by atoms with E-state index in [-0.39, 0.29) is 6.61 Å². The smallest absolute Gasteiger partial charge is 0.0771 e. The van der Waals surface area contributed by atoms with Crippen molar-refractivity contribution in [1.82, 2.24) is 0 Å². The SMILES string of the molecule is CC(C)CCSCc1ccc(C#CCCO)s1. The van der Waals surface area contributed by atoms with E-state index in [9.17, 15) is 0 Å². The van der Waals surface area contributed by atoms with Gasteiger partial charge >= 0.3 is 0 Å². The maximum atomic E-state index is 8.64. The zero-order valence-corrected chi connectivity index (χ0v) is 12.2. The summed E-state index contributed by atoms with van der Waals surface area (Å²) in [5.41, 5.74) is 0. The molecule has 0 aliphatic heterocycles. The fourth-order valence-corrected chi connectivity index (χ4v) is 3.46. The minimum absolute atomic E-state index is 0.149. The highest BCUT2D eigenvalue weighted by atomic mass is 32.2. The molecule has 0 fully saturated rings. The first-order valence-corrected chi connectivity index (χ1v) is 7.95. The Morgan fingerprint density at radius 1 is 1.41 bits per heavy atom. The first-order valence-electron chi connectivity index (χ1n) is 5.98. The Hall–Kier alpha value is -0.430. The van der Waals surface area contributed by atoms with Gasteiger partial charge in [0.05, 0.1) is 11.5 Å². The van der Waals surface area contributed by atoms with Gasteiger partial charge < -0.3 is 5.11 Å². The first-order chi connectivity index (χ1) is 8.22. The molecule has 94 valence electrons. The molecule has 0 spiro atoms. The van der Waals surface area contributed by atoms with Crippen molar-refractivity contribution in [3.05, 3.63) is 21.9 Å². The zero-order chi connectivity index (χ0) is 12.5. The van der Waals surface area contributed by atoms with Crippen LogP contribution in [-0.4, -0.2) is 17.5 Å². The Morgan fingerprint density at radius 3 is 2.94 bits per heavy atom. The highest BCUT2D eigenvalue weighted by Crippen LogP contribution is 2.22. The molecule has 0 saturated carbocycles. The molecule has 0 amide bonds. The molecule has 1 nitrogen and oxygen atoms in total. The van der Waals surface area contributed by atoms with Gasteiger partial charge in [-0.2, -0.15) is 11.8 Å². The summed E-state index contributed by atoms with van der Waals surface area (Å²) in [6.45, 7) is 4.68. The van der Waals surface area contributed by atoms with Gasteiger partial charge in [-0.25, -0.2) is 0 Å². The first kappa shape index (κ1) is 14.6. The van der Waals surface area contributed by atoms with Crippen LogP contribution < -0.4 is 0 Å². The van der Waals surface area contributed by atoms with Crippen LogP contribution in [0.5, 0.6) is 0 Å². The number of hydrogen-bond donors (Lipinski definition) is 1. The highest BCUT2D eigenvalue weighted by Gasteiger charge is 1.99. The molecule has 0 radical (unpaired) electrons. The molecule has 1 rings (SSSR count). The van der Waals surface area contributed by atoms with Gasteiger partial charge in [0.25, 0.3) is 0 Å². The summed E-state index contributed by atoms with van der Waals surface area (Å²) in [5, 5.41) is 8.64. The normalized spacial score (nSPS) is 10.4. The largest absolute Gasteiger partial charge is 0.395 e. The summed E-state index contributed by atoms with van der Waals surface area (Å²) in [6, 6.07) is 4.24. The van der Waals surface area contributed by atoms with E-state index in [0.29, 0.717) is 6.42 Å². The van der Waals surface area contributed by atoms with Crippen LogP contribution in [0.15, 0.2) is 12.1 Å². The average molecular weight is 268 g/mol. The maximum Gasteiger partial charge on any atom is 0.0771 e. The predicted octanol–water partition coefficient (Wildman–Crippen LogP) is 3.76. The van der Waals surface area contributed by atoms with Crippen LogP contribution in [0.2, 0.25) is 0 Å². The van der Waals surface area contributed by atoms with Crippen molar-refractivity contribution in [2.45, 2.75) is 32.4 Å². The Balaban J connectivity index is 2.29.